The third-order valence-electron chi connectivity index (χ3n) is 2.71. The summed E-state index contributed by atoms with van der Waals surface area (Å²) in [6.45, 7) is 3.08. The lowest BCUT2D eigenvalue weighted by atomic mass is 10.2. The molecule has 14 heavy (non-hydrogen) atoms. The Morgan fingerprint density at radius 3 is 3.00 bits per heavy atom. The summed E-state index contributed by atoms with van der Waals surface area (Å²) >= 11 is 2.05. The van der Waals surface area contributed by atoms with Crippen LogP contribution in [0.5, 0.6) is 0 Å². The highest BCUT2D eigenvalue weighted by Crippen LogP contribution is 2.16. The topological polar surface area (TPSA) is 29.1 Å². The van der Waals surface area contributed by atoms with E-state index >= 15 is 0 Å². The summed E-state index contributed by atoms with van der Waals surface area (Å²) < 4.78 is 11.1. The van der Waals surface area contributed by atoms with Gasteiger partial charge in [0.05, 0.1) is 0 Å². The van der Waals surface area contributed by atoms with Crippen LogP contribution >= 0.6 is 11.8 Å². The summed E-state index contributed by atoms with van der Waals surface area (Å²) in [4.78, 5) is 0. The van der Waals surface area contributed by atoms with Crippen LogP contribution < -0.4 is 5.32 Å². The minimum atomic E-state index is -0.662. The molecule has 0 saturated carbocycles. The second kappa shape index (κ2) is 6.85. The van der Waals surface area contributed by atoms with Crippen molar-refractivity contribution in [2.75, 3.05) is 24.3 Å². The van der Waals surface area contributed by atoms with Crippen molar-refractivity contribution in [1.82, 2.24) is 5.32 Å². The Hall–Kier alpha value is 0.460. The molecule has 1 aliphatic heterocycles. The summed E-state index contributed by atoms with van der Waals surface area (Å²) in [6.07, 6.45) is 5.49. The highest BCUT2D eigenvalue weighted by atomic mass is 32.2. The summed E-state index contributed by atoms with van der Waals surface area (Å²) in [7, 11) is -0.662. The van der Waals surface area contributed by atoms with Gasteiger partial charge >= 0.3 is 0 Å². The first-order chi connectivity index (χ1) is 6.70. The Labute approximate surface area is 94.1 Å². The van der Waals surface area contributed by atoms with Crippen molar-refractivity contribution < 1.29 is 4.21 Å². The van der Waals surface area contributed by atoms with Crippen LogP contribution in [0.1, 0.15) is 26.2 Å². The molecule has 1 N–H and O–H groups in total. The molecule has 0 aromatic heterocycles. The second-order valence-corrected chi connectivity index (χ2v) is 6.92. The molecule has 0 radical (unpaired) electrons. The van der Waals surface area contributed by atoms with Crippen molar-refractivity contribution in [3.05, 3.63) is 0 Å². The molecule has 1 fully saturated rings. The van der Waals surface area contributed by atoms with E-state index in [4.69, 9.17) is 0 Å². The lowest BCUT2D eigenvalue weighted by molar-refractivity contribution is 0.499. The molecular formula is C10H21NOS2. The van der Waals surface area contributed by atoms with Crippen LogP contribution in [0.3, 0.4) is 0 Å². The van der Waals surface area contributed by atoms with E-state index in [1.807, 2.05) is 11.8 Å². The Kier molecular flexibility index (Phi) is 6.13. The number of hydrogen-bond acceptors (Lipinski definition) is 3. The van der Waals surface area contributed by atoms with Gasteiger partial charge in [-0.15, -0.1) is 0 Å². The lowest BCUT2D eigenvalue weighted by Crippen LogP contribution is -2.35. The predicted octanol–water partition coefficient (Wildman–Crippen LogP) is 1.63. The van der Waals surface area contributed by atoms with E-state index in [9.17, 15) is 4.21 Å². The van der Waals surface area contributed by atoms with Crippen molar-refractivity contribution in [2.24, 2.45) is 0 Å². The zero-order chi connectivity index (χ0) is 10.4. The fraction of sp³-hybridized carbons (Fsp3) is 1.00. The average Bonchev–Trinajstić information content (AvgIpc) is 2.19. The molecule has 1 rings (SSSR count). The van der Waals surface area contributed by atoms with Gasteiger partial charge in [-0.1, -0.05) is 6.92 Å². The van der Waals surface area contributed by atoms with Crippen LogP contribution in [-0.2, 0) is 10.8 Å². The molecule has 3 atom stereocenters. The fourth-order valence-electron chi connectivity index (χ4n) is 1.56. The van der Waals surface area contributed by atoms with E-state index in [1.54, 1.807) is 6.26 Å². The maximum absolute atomic E-state index is 11.1. The molecule has 0 spiro atoms. The molecule has 0 aliphatic carbocycles. The van der Waals surface area contributed by atoms with E-state index in [-0.39, 0.29) is 0 Å². The van der Waals surface area contributed by atoms with Crippen molar-refractivity contribution >= 4 is 22.6 Å². The molecule has 0 aromatic carbocycles. The van der Waals surface area contributed by atoms with Gasteiger partial charge in [0.1, 0.15) is 0 Å². The van der Waals surface area contributed by atoms with Gasteiger partial charge in [0.15, 0.2) is 0 Å². The van der Waals surface area contributed by atoms with Gasteiger partial charge in [-0.25, -0.2) is 0 Å². The molecule has 0 unspecified atom stereocenters. The van der Waals surface area contributed by atoms with Gasteiger partial charge in [0.2, 0.25) is 0 Å². The smallest absolute Gasteiger partial charge is 0.0329 e. The van der Waals surface area contributed by atoms with Crippen LogP contribution in [0.25, 0.3) is 0 Å². The van der Waals surface area contributed by atoms with E-state index in [1.165, 1.54) is 24.3 Å². The third kappa shape index (κ3) is 4.80. The third-order valence-corrected chi connectivity index (χ3v) is 5.30. The fourth-order valence-corrected chi connectivity index (χ4v) is 3.11. The Bertz CT molecular complexity index is 181. The lowest BCUT2D eigenvalue weighted by Gasteiger charge is -2.23. The standard InChI is InChI=1S/C10H21NOS2/c1-9(14(2)12)5-6-11-10-4-3-7-13-8-10/h9-11H,3-8H2,1-2H3/t9-,10-,14+/m1/s1. The normalized spacial score (nSPS) is 27.1. The van der Waals surface area contributed by atoms with E-state index in [2.05, 4.69) is 12.2 Å². The Morgan fingerprint density at radius 1 is 1.64 bits per heavy atom. The van der Waals surface area contributed by atoms with Crippen LogP contribution in [0, 0.1) is 0 Å². The second-order valence-electron chi connectivity index (χ2n) is 3.97. The SMILES string of the molecule is C[C@H](CCN[C@@H]1CCCSC1)[S@](C)=O. The van der Waals surface area contributed by atoms with Gasteiger partial charge < -0.3 is 5.32 Å². The van der Waals surface area contributed by atoms with Crippen LogP contribution in [0.2, 0.25) is 0 Å². The van der Waals surface area contributed by atoms with Crippen LogP contribution in [-0.4, -0.2) is 39.8 Å². The minimum absolute atomic E-state index is 0.332. The monoisotopic (exact) mass is 235 g/mol. The molecule has 2 nitrogen and oxygen atoms in total. The van der Waals surface area contributed by atoms with Gasteiger partial charge in [0.25, 0.3) is 0 Å². The molecule has 1 aliphatic rings. The van der Waals surface area contributed by atoms with Crippen molar-refractivity contribution in [1.29, 1.82) is 0 Å². The van der Waals surface area contributed by atoms with Gasteiger partial charge in [-0.05, 0) is 31.6 Å². The molecule has 84 valence electrons. The van der Waals surface area contributed by atoms with Gasteiger partial charge in [0, 0.05) is 34.1 Å². The summed E-state index contributed by atoms with van der Waals surface area (Å²) in [5.74, 6) is 2.58. The van der Waals surface area contributed by atoms with Crippen molar-refractivity contribution in [2.45, 2.75) is 37.5 Å². The van der Waals surface area contributed by atoms with Crippen LogP contribution in [0.4, 0.5) is 0 Å². The minimum Gasteiger partial charge on any atom is -0.313 e. The predicted molar refractivity (Wildman–Crippen MR) is 66.5 cm³/mol. The molecule has 0 bridgehead atoms. The summed E-state index contributed by atoms with van der Waals surface area (Å²) in [5, 5.41) is 3.88. The molecule has 1 saturated heterocycles. The first-order valence-electron chi connectivity index (χ1n) is 5.33. The number of nitrogens with one attached hydrogen (secondary N) is 1. The maximum Gasteiger partial charge on any atom is 0.0329 e. The molecule has 4 heteroatoms. The van der Waals surface area contributed by atoms with Crippen molar-refractivity contribution in [3.63, 3.8) is 0 Å². The van der Waals surface area contributed by atoms with E-state index < -0.39 is 10.8 Å². The zero-order valence-corrected chi connectivity index (χ0v) is 10.8. The number of rotatable bonds is 5. The largest absolute Gasteiger partial charge is 0.313 e. The Balaban J connectivity index is 2.05. The maximum atomic E-state index is 11.1. The average molecular weight is 235 g/mol. The van der Waals surface area contributed by atoms with Crippen molar-refractivity contribution in [3.8, 4) is 0 Å². The van der Waals surface area contributed by atoms with E-state index in [0.29, 0.717) is 11.3 Å². The molecule has 1 heterocycles. The van der Waals surface area contributed by atoms with Gasteiger partial charge in [-0.2, -0.15) is 11.8 Å². The summed E-state index contributed by atoms with van der Waals surface area (Å²) in [6, 6.07) is 0.700. The van der Waals surface area contributed by atoms with Crippen LogP contribution in [0.15, 0.2) is 0 Å². The Morgan fingerprint density at radius 2 is 2.43 bits per heavy atom. The first kappa shape index (κ1) is 12.5. The highest BCUT2D eigenvalue weighted by molar-refractivity contribution is 7.99. The summed E-state index contributed by atoms with van der Waals surface area (Å²) in [5.41, 5.74) is 0. The quantitative estimate of drug-likeness (QED) is 0.785. The first-order valence-corrected chi connectivity index (χ1v) is 8.11. The van der Waals surface area contributed by atoms with E-state index in [0.717, 1.165) is 13.0 Å². The highest BCUT2D eigenvalue weighted by Gasteiger charge is 2.13. The number of hydrogen-bond donors (Lipinski definition) is 1. The molecular weight excluding hydrogens is 214 g/mol. The van der Waals surface area contributed by atoms with Gasteiger partial charge in [-0.3, -0.25) is 4.21 Å². The molecule has 0 amide bonds. The number of thioether (sulfide) groups is 1. The zero-order valence-electron chi connectivity index (χ0n) is 9.12. The molecule has 0 aromatic rings.